The quantitative estimate of drug-likeness (QED) is 0.415. The third-order valence-electron chi connectivity index (χ3n) is 5.31. The summed E-state index contributed by atoms with van der Waals surface area (Å²) in [5, 5.41) is 18.4. The second kappa shape index (κ2) is 9.94. The molecule has 152 valence electrons. The third-order valence-corrected chi connectivity index (χ3v) is 5.67. The summed E-state index contributed by atoms with van der Waals surface area (Å²) in [6.45, 7) is 2.09. The van der Waals surface area contributed by atoms with Crippen molar-refractivity contribution in [2.24, 2.45) is 5.92 Å². The maximum Gasteiger partial charge on any atom is 0.167 e. The highest BCUT2D eigenvalue weighted by Crippen LogP contribution is 2.25. The summed E-state index contributed by atoms with van der Waals surface area (Å²) in [4.78, 5) is 3.45. The van der Waals surface area contributed by atoms with Crippen molar-refractivity contribution in [3.8, 4) is 0 Å². The number of halogens is 1. The van der Waals surface area contributed by atoms with Crippen molar-refractivity contribution < 1.29 is 10.1 Å². The van der Waals surface area contributed by atoms with Gasteiger partial charge in [-0.3, -0.25) is 0 Å². The fourth-order valence-corrected chi connectivity index (χ4v) is 3.81. The molecule has 0 aliphatic heterocycles. The van der Waals surface area contributed by atoms with Gasteiger partial charge in [0.1, 0.15) is 12.0 Å². The van der Waals surface area contributed by atoms with Crippen molar-refractivity contribution in [2.45, 2.75) is 64.1 Å². The summed E-state index contributed by atoms with van der Waals surface area (Å²) in [6, 6.07) is 0.174. The SMILES string of the molecule is CC(/C=C\n1ncc(C(O)NC2=CCCC=C2Cl)c1N)[NH+]=CC1CCCCC1. The van der Waals surface area contributed by atoms with E-state index in [-0.39, 0.29) is 6.04 Å². The Morgan fingerprint density at radius 2 is 2.07 bits per heavy atom. The molecule has 7 heteroatoms. The Hall–Kier alpha value is -2.05. The van der Waals surface area contributed by atoms with E-state index in [0.717, 1.165) is 18.5 Å². The Morgan fingerprint density at radius 1 is 1.32 bits per heavy atom. The van der Waals surface area contributed by atoms with Crippen LogP contribution in [0.3, 0.4) is 0 Å². The van der Waals surface area contributed by atoms with Crippen LogP contribution in [0.5, 0.6) is 0 Å². The molecule has 2 atom stereocenters. The number of aliphatic hydroxyl groups excluding tert-OH is 1. The van der Waals surface area contributed by atoms with Gasteiger partial charge in [-0.15, -0.1) is 0 Å². The lowest BCUT2D eigenvalue weighted by atomic mass is 9.90. The number of hydrogen-bond acceptors (Lipinski definition) is 4. The number of nitrogens with two attached hydrogens (primary N) is 1. The zero-order valence-electron chi connectivity index (χ0n) is 16.4. The van der Waals surface area contributed by atoms with E-state index >= 15 is 0 Å². The van der Waals surface area contributed by atoms with Crippen LogP contribution in [0, 0.1) is 5.92 Å². The molecule has 0 saturated heterocycles. The maximum absolute atomic E-state index is 10.5. The molecule has 28 heavy (non-hydrogen) atoms. The zero-order chi connectivity index (χ0) is 19.9. The number of rotatable bonds is 7. The maximum atomic E-state index is 10.5. The summed E-state index contributed by atoms with van der Waals surface area (Å²) < 4.78 is 1.58. The number of nitrogens with one attached hydrogen (secondary N) is 2. The second-order valence-corrected chi connectivity index (χ2v) is 7.99. The molecule has 6 nitrogen and oxygen atoms in total. The highest BCUT2D eigenvalue weighted by molar-refractivity contribution is 6.32. The lowest BCUT2D eigenvalue weighted by Gasteiger charge is -2.18. The number of aromatic nitrogens is 2. The normalized spacial score (nSPS) is 21.0. The number of anilines is 1. The molecule has 0 amide bonds. The largest absolute Gasteiger partial charge is 0.383 e. The standard InChI is InChI=1S/C21H30ClN5O/c1-15(24-13-16-7-3-2-4-8-16)11-12-27-20(23)17(14-25-27)21(28)26-19-10-6-5-9-18(19)22/h9-16,21,26,28H,2-8,23H2,1H3/p+1/b12-11-,24-13?. The molecule has 0 aromatic carbocycles. The Bertz CT molecular complexity index is 774. The summed E-state index contributed by atoms with van der Waals surface area (Å²) in [5.41, 5.74) is 7.42. The predicted octanol–water partition coefficient (Wildman–Crippen LogP) is 2.44. The number of allylic oxidation sites excluding steroid dienone is 3. The van der Waals surface area contributed by atoms with Crippen LogP contribution in [-0.2, 0) is 0 Å². The van der Waals surface area contributed by atoms with Gasteiger partial charge in [0.05, 0.1) is 22.5 Å². The fraction of sp³-hybridized carbons (Fsp3) is 0.524. The van der Waals surface area contributed by atoms with Crippen LogP contribution >= 0.6 is 11.6 Å². The van der Waals surface area contributed by atoms with Crippen LogP contribution in [0.2, 0.25) is 0 Å². The average molecular weight is 405 g/mol. The molecule has 5 N–H and O–H groups in total. The molecule has 1 saturated carbocycles. The number of hydrogen-bond donors (Lipinski definition) is 4. The van der Waals surface area contributed by atoms with Crippen LogP contribution in [0.4, 0.5) is 5.82 Å². The molecule has 1 aromatic rings. The van der Waals surface area contributed by atoms with Crippen molar-refractivity contribution in [2.75, 3.05) is 5.73 Å². The highest BCUT2D eigenvalue weighted by Gasteiger charge is 2.18. The molecular formula is C21H31ClN5O+. The number of nitrogen functional groups attached to an aromatic ring is 1. The number of aliphatic hydroxyl groups is 1. The van der Waals surface area contributed by atoms with Gasteiger partial charge >= 0.3 is 0 Å². The molecule has 2 aliphatic carbocycles. The van der Waals surface area contributed by atoms with Crippen LogP contribution in [0.1, 0.15) is 63.7 Å². The van der Waals surface area contributed by atoms with Crippen molar-refractivity contribution in [3.63, 3.8) is 0 Å². The summed E-state index contributed by atoms with van der Waals surface area (Å²) in [6.07, 6.45) is 19.0. The van der Waals surface area contributed by atoms with Gasteiger partial charge in [0.25, 0.3) is 0 Å². The zero-order valence-corrected chi connectivity index (χ0v) is 17.2. The van der Waals surface area contributed by atoms with Gasteiger partial charge < -0.3 is 16.2 Å². The first-order valence-electron chi connectivity index (χ1n) is 10.2. The first kappa shape index (κ1) is 20.7. The molecule has 3 rings (SSSR count). The van der Waals surface area contributed by atoms with E-state index in [4.69, 9.17) is 17.3 Å². The van der Waals surface area contributed by atoms with Crippen LogP contribution in [-0.4, -0.2) is 27.1 Å². The topological polar surface area (TPSA) is 90.1 Å². The molecule has 0 bridgehead atoms. The minimum atomic E-state index is -0.969. The highest BCUT2D eigenvalue weighted by atomic mass is 35.5. The van der Waals surface area contributed by atoms with E-state index in [1.807, 2.05) is 24.4 Å². The van der Waals surface area contributed by atoms with Crippen LogP contribution < -0.4 is 16.0 Å². The van der Waals surface area contributed by atoms with Gasteiger partial charge in [0.15, 0.2) is 12.3 Å². The Balaban J connectivity index is 1.58. The molecule has 1 heterocycles. The Kier molecular flexibility index (Phi) is 7.34. The van der Waals surface area contributed by atoms with Crippen molar-refractivity contribution in [1.29, 1.82) is 0 Å². The van der Waals surface area contributed by atoms with E-state index < -0.39 is 6.23 Å². The monoisotopic (exact) mass is 404 g/mol. The van der Waals surface area contributed by atoms with E-state index in [1.54, 1.807) is 10.9 Å². The van der Waals surface area contributed by atoms with E-state index in [0.29, 0.717) is 22.3 Å². The molecule has 2 aliphatic rings. The first-order chi connectivity index (χ1) is 13.5. The van der Waals surface area contributed by atoms with Gasteiger partial charge in [-0.2, -0.15) is 5.10 Å². The summed E-state index contributed by atoms with van der Waals surface area (Å²) in [5.74, 6) is 1.07. The van der Waals surface area contributed by atoms with Crippen molar-refractivity contribution >= 4 is 29.8 Å². The first-order valence-corrected chi connectivity index (χ1v) is 10.5. The van der Waals surface area contributed by atoms with Crippen molar-refractivity contribution in [1.82, 2.24) is 15.1 Å². The summed E-state index contributed by atoms with van der Waals surface area (Å²) in [7, 11) is 0. The number of nitrogens with zero attached hydrogens (tertiary/aromatic N) is 2. The molecule has 1 aromatic heterocycles. The average Bonchev–Trinajstić information content (AvgIpc) is 3.08. The Morgan fingerprint density at radius 3 is 2.82 bits per heavy atom. The van der Waals surface area contributed by atoms with E-state index in [9.17, 15) is 5.11 Å². The lowest BCUT2D eigenvalue weighted by Crippen LogP contribution is -2.75. The van der Waals surface area contributed by atoms with Crippen LogP contribution in [0.25, 0.3) is 6.20 Å². The molecular weight excluding hydrogens is 374 g/mol. The van der Waals surface area contributed by atoms with Gasteiger partial charge in [0, 0.05) is 25.1 Å². The molecule has 2 unspecified atom stereocenters. The van der Waals surface area contributed by atoms with Gasteiger partial charge in [-0.05, 0) is 25.7 Å². The van der Waals surface area contributed by atoms with Gasteiger partial charge in [-0.1, -0.05) is 43.0 Å². The lowest BCUT2D eigenvalue weighted by molar-refractivity contribution is -0.481. The third kappa shape index (κ3) is 5.49. The molecule has 0 spiro atoms. The van der Waals surface area contributed by atoms with Gasteiger partial charge in [0.2, 0.25) is 0 Å². The minimum Gasteiger partial charge on any atom is -0.383 e. The van der Waals surface area contributed by atoms with E-state index in [1.165, 1.54) is 32.1 Å². The summed E-state index contributed by atoms with van der Waals surface area (Å²) >= 11 is 6.18. The molecule has 0 radical (unpaired) electrons. The van der Waals surface area contributed by atoms with Crippen molar-refractivity contribution in [3.05, 3.63) is 40.7 Å². The minimum absolute atomic E-state index is 0.174. The van der Waals surface area contributed by atoms with E-state index in [2.05, 4.69) is 28.5 Å². The van der Waals surface area contributed by atoms with Gasteiger partial charge in [-0.25, -0.2) is 9.67 Å². The fourth-order valence-electron chi connectivity index (χ4n) is 3.57. The smallest absolute Gasteiger partial charge is 0.167 e. The predicted molar refractivity (Wildman–Crippen MR) is 114 cm³/mol. The molecule has 1 fully saturated rings. The Labute approximate surface area is 171 Å². The van der Waals surface area contributed by atoms with Crippen LogP contribution in [0.15, 0.2) is 35.2 Å². The second-order valence-electron chi connectivity index (χ2n) is 7.59.